The molecular weight excluding hydrogens is 434 g/mol. The molecule has 1 aliphatic carbocycles. The number of ether oxygens (including phenoxy) is 1. The van der Waals surface area contributed by atoms with Crippen LogP contribution in [0.3, 0.4) is 0 Å². The molecule has 2 aliphatic rings. The van der Waals surface area contributed by atoms with Crippen LogP contribution in [-0.2, 0) is 0 Å². The summed E-state index contributed by atoms with van der Waals surface area (Å²) in [7, 11) is 0. The maximum Gasteiger partial charge on any atom is 0.317 e. The van der Waals surface area contributed by atoms with E-state index in [9.17, 15) is 4.79 Å². The van der Waals surface area contributed by atoms with E-state index in [4.69, 9.17) is 4.74 Å². The largest absolute Gasteiger partial charge is 0.439 e. The van der Waals surface area contributed by atoms with Gasteiger partial charge in [0.1, 0.15) is 5.75 Å². The molecule has 2 fully saturated rings. The van der Waals surface area contributed by atoms with E-state index < -0.39 is 0 Å². The second-order valence-electron chi connectivity index (χ2n) is 8.94. The summed E-state index contributed by atoms with van der Waals surface area (Å²) >= 11 is 0. The first-order chi connectivity index (χ1) is 17.1. The van der Waals surface area contributed by atoms with Crippen LogP contribution in [0.4, 0.5) is 4.79 Å². The third-order valence-corrected chi connectivity index (χ3v) is 6.39. The molecule has 5 rings (SSSR count). The molecule has 2 amide bonds. The van der Waals surface area contributed by atoms with Crippen molar-refractivity contribution in [2.75, 3.05) is 13.1 Å². The highest BCUT2D eigenvalue weighted by atomic mass is 16.5. The van der Waals surface area contributed by atoms with Crippen molar-refractivity contribution in [2.45, 2.75) is 52.0 Å². The number of amides is 2. The lowest BCUT2D eigenvalue weighted by Crippen LogP contribution is -2.44. The van der Waals surface area contributed by atoms with Crippen molar-refractivity contribution in [1.82, 2.24) is 15.2 Å². The molecule has 0 bridgehead atoms. The van der Waals surface area contributed by atoms with Gasteiger partial charge in [-0.1, -0.05) is 73.5 Å². The normalized spacial score (nSPS) is 18.7. The fraction of sp³-hybridized carbons (Fsp3) is 0.333. The summed E-state index contributed by atoms with van der Waals surface area (Å²) in [5.74, 6) is 1.81. The summed E-state index contributed by atoms with van der Waals surface area (Å²) in [5.41, 5.74) is 5.06. The second-order valence-corrected chi connectivity index (χ2v) is 8.94. The summed E-state index contributed by atoms with van der Waals surface area (Å²) < 4.78 is 5.84. The molecule has 2 unspecified atom stereocenters. The number of carbonyl (C=O) groups excluding carboxylic acids is 1. The quantitative estimate of drug-likeness (QED) is 0.440. The number of pyridine rings is 1. The molecule has 35 heavy (non-hydrogen) atoms. The van der Waals surface area contributed by atoms with Gasteiger partial charge in [-0.15, -0.1) is 0 Å². The van der Waals surface area contributed by atoms with Gasteiger partial charge in [0, 0.05) is 37.3 Å². The minimum absolute atomic E-state index is 0.0689. The number of carbonyl (C=O) groups is 1. The van der Waals surface area contributed by atoms with Gasteiger partial charge in [-0.3, -0.25) is 0 Å². The number of nitrogens with zero attached hydrogens (tertiary/aromatic N) is 2. The van der Waals surface area contributed by atoms with Crippen LogP contribution in [-0.4, -0.2) is 35.0 Å². The Kier molecular flexibility index (Phi) is 8.19. The van der Waals surface area contributed by atoms with Gasteiger partial charge in [-0.05, 0) is 55.5 Å². The maximum absolute atomic E-state index is 12.7. The minimum atomic E-state index is 0.0689. The summed E-state index contributed by atoms with van der Waals surface area (Å²) in [6.45, 7) is 7.61. The van der Waals surface area contributed by atoms with Crippen LogP contribution in [0.15, 0.2) is 78.5 Å². The molecule has 182 valence electrons. The van der Waals surface area contributed by atoms with Crippen LogP contribution >= 0.6 is 0 Å². The summed E-state index contributed by atoms with van der Waals surface area (Å²) in [6, 6.07) is 22.6. The van der Waals surface area contributed by atoms with Crippen LogP contribution in [0, 0.1) is 6.92 Å². The number of piperidine rings is 1. The molecule has 3 aromatic rings. The Morgan fingerprint density at radius 1 is 1.03 bits per heavy atom. The molecule has 2 aromatic carbocycles. The van der Waals surface area contributed by atoms with Crippen molar-refractivity contribution in [3.8, 4) is 11.6 Å². The van der Waals surface area contributed by atoms with Gasteiger partial charge in [0.15, 0.2) is 0 Å². The van der Waals surface area contributed by atoms with Gasteiger partial charge in [-0.2, -0.15) is 0 Å². The standard InChI is InChI=1S/C28H29N3O2.C2H6/c1-20-8-10-23(11-9-20)25-19-26(25)30-28(32)31-15-12-21(13-16-31)17-22-5-4-6-24(18-22)33-27-7-2-3-14-29-27;1-2/h2-11,14,17-18,25-26H,12-13,15-16,19H2,1H3,(H,30,32);1-2H3. The van der Waals surface area contributed by atoms with E-state index in [-0.39, 0.29) is 12.1 Å². The average molecular weight is 470 g/mol. The van der Waals surface area contributed by atoms with E-state index in [0.717, 1.165) is 43.7 Å². The maximum atomic E-state index is 12.7. The molecule has 0 spiro atoms. The SMILES string of the molecule is CC.Cc1ccc(C2CC2NC(=O)N2CCC(=Cc3cccc(Oc4ccccn4)c3)CC2)cc1. The molecule has 1 aliphatic heterocycles. The third kappa shape index (κ3) is 6.72. The summed E-state index contributed by atoms with van der Waals surface area (Å²) in [5, 5.41) is 3.23. The molecule has 2 heterocycles. The number of benzene rings is 2. The first kappa shape index (κ1) is 24.5. The van der Waals surface area contributed by atoms with E-state index in [1.165, 1.54) is 16.7 Å². The van der Waals surface area contributed by atoms with Crippen molar-refractivity contribution in [2.24, 2.45) is 0 Å². The van der Waals surface area contributed by atoms with Crippen LogP contribution in [0.25, 0.3) is 6.08 Å². The Morgan fingerprint density at radius 2 is 1.80 bits per heavy atom. The second kappa shape index (κ2) is 11.7. The van der Waals surface area contributed by atoms with E-state index in [0.29, 0.717) is 11.8 Å². The highest BCUT2D eigenvalue weighted by Gasteiger charge is 2.40. The number of aromatic nitrogens is 1. The van der Waals surface area contributed by atoms with Gasteiger partial charge in [0.25, 0.3) is 0 Å². The number of hydrogen-bond acceptors (Lipinski definition) is 3. The van der Waals surface area contributed by atoms with Crippen molar-refractivity contribution in [3.63, 3.8) is 0 Å². The zero-order chi connectivity index (χ0) is 24.6. The van der Waals surface area contributed by atoms with Gasteiger partial charge >= 0.3 is 6.03 Å². The number of nitrogens with one attached hydrogen (secondary N) is 1. The lowest BCUT2D eigenvalue weighted by atomic mass is 10.0. The number of aryl methyl sites for hydroxylation is 1. The molecule has 5 heteroatoms. The number of urea groups is 1. The molecule has 0 radical (unpaired) electrons. The molecule has 2 atom stereocenters. The summed E-state index contributed by atoms with van der Waals surface area (Å²) in [4.78, 5) is 18.9. The predicted molar refractivity (Wildman–Crippen MR) is 142 cm³/mol. The number of hydrogen-bond donors (Lipinski definition) is 1. The monoisotopic (exact) mass is 469 g/mol. The van der Waals surface area contributed by atoms with E-state index >= 15 is 0 Å². The van der Waals surface area contributed by atoms with Crippen LogP contribution < -0.4 is 10.1 Å². The Labute approximate surface area is 208 Å². The highest BCUT2D eigenvalue weighted by Crippen LogP contribution is 2.41. The fourth-order valence-electron chi connectivity index (χ4n) is 4.36. The smallest absolute Gasteiger partial charge is 0.317 e. The van der Waals surface area contributed by atoms with Gasteiger partial charge in [0.05, 0.1) is 0 Å². The van der Waals surface area contributed by atoms with Crippen LogP contribution in [0.1, 0.15) is 55.7 Å². The van der Waals surface area contributed by atoms with E-state index in [2.05, 4.69) is 53.6 Å². The first-order valence-electron chi connectivity index (χ1n) is 12.6. The number of rotatable bonds is 5. The Bertz CT molecular complexity index is 1130. The van der Waals surface area contributed by atoms with Crippen LogP contribution in [0.2, 0.25) is 0 Å². The fourth-order valence-corrected chi connectivity index (χ4v) is 4.36. The molecule has 1 N–H and O–H groups in total. The molecular formula is C30H35N3O2. The molecule has 5 nitrogen and oxygen atoms in total. The van der Waals surface area contributed by atoms with Crippen molar-refractivity contribution < 1.29 is 9.53 Å². The van der Waals surface area contributed by atoms with Gasteiger partial charge in [-0.25, -0.2) is 9.78 Å². The zero-order valence-corrected chi connectivity index (χ0v) is 20.9. The molecule has 1 saturated carbocycles. The Morgan fingerprint density at radius 3 is 2.51 bits per heavy atom. The van der Waals surface area contributed by atoms with E-state index in [1.807, 2.05) is 55.1 Å². The van der Waals surface area contributed by atoms with Gasteiger partial charge in [0.2, 0.25) is 5.88 Å². The predicted octanol–water partition coefficient (Wildman–Crippen LogP) is 6.95. The van der Waals surface area contributed by atoms with Gasteiger partial charge < -0.3 is 15.0 Å². The Hall–Kier alpha value is -3.60. The summed E-state index contributed by atoms with van der Waals surface area (Å²) in [6.07, 6.45) is 6.76. The first-order valence-corrected chi connectivity index (χ1v) is 12.6. The van der Waals surface area contributed by atoms with E-state index in [1.54, 1.807) is 6.20 Å². The molecule has 1 saturated heterocycles. The van der Waals surface area contributed by atoms with Crippen molar-refractivity contribution in [3.05, 3.63) is 95.2 Å². The minimum Gasteiger partial charge on any atom is -0.439 e. The van der Waals surface area contributed by atoms with Crippen LogP contribution in [0.5, 0.6) is 11.6 Å². The topological polar surface area (TPSA) is 54.5 Å². The highest BCUT2D eigenvalue weighted by molar-refractivity contribution is 5.75. The lowest BCUT2D eigenvalue weighted by molar-refractivity contribution is 0.193. The number of likely N-dealkylation sites (tertiary alicyclic amines) is 1. The van der Waals surface area contributed by atoms with Crippen molar-refractivity contribution >= 4 is 12.1 Å². The van der Waals surface area contributed by atoms with Crippen molar-refractivity contribution in [1.29, 1.82) is 0 Å². The zero-order valence-electron chi connectivity index (χ0n) is 20.9. The third-order valence-electron chi connectivity index (χ3n) is 6.39. The Balaban J connectivity index is 0.00000141. The average Bonchev–Trinajstić information content (AvgIpc) is 3.66. The molecule has 1 aromatic heterocycles. The lowest BCUT2D eigenvalue weighted by Gasteiger charge is -2.28.